The zero-order chi connectivity index (χ0) is 15.9. The molecular formula is C16H20N2O2S2. The number of pyridine rings is 1. The molecule has 0 aromatic carbocycles. The largest absolute Gasteiger partial charge is 0.394 e. The molecule has 0 fully saturated rings. The molecule has 118 valence electrons. The van der Waals surface area contributed by atoms with Crippen LogP contribution in [0.1, 0.15) is 28.6 Å². The van der Waals surface area contributed by atoms with E-state index in [1.165, 1.54) is 11.8 Å². The normalized spacial score (nSPS) is 12.1. The van der Waals surface area contributed by atoms with Crippen molar-refractivity contribution in [2.24, 2.45) is 0 Å². The van der Waals surface area contributed by atoms with Gasteiger partial charge in [-0.25, -0.2) is 4.98 Å². The predicted octanol–water partition coefficient (Wildman–Crippen LogP) is 3.28. The molecule has 0 saturated carbocycles. The number of hydrogen-bond acceptors (Lipinski definition) is 5. The van der Waals surface area contributed by atoms with Crippen molar-refractivity contribution in [3.63, 3.8) is 0 Å². The number of nitrogens with zero attached hydrogens (tertiary/aromatic N) is 2. The van der Waals surface area contributed by atoms with Gasteiger partial charge in [0, 0.05) is 11.1 Å². The van der Waals surface area contributed by atoms with Crippen LogP contribution in [0.25, 0.3) is 0 Å². The molecule has 6 heteroatoms. The summed E-state index contributed by atoms with van der Waals surface area (Å²) in [4.78, 5) is 20.1. The van der Waals surface area contributed by atoms with Gasteiger partial charge in [0.05, 0.1) is 24.8 Å². The monoisotopic (exact) mass is 336 g/mol. The van der Waals surface area contributed by atoms with Gasteiger partial charge in [-0.3, -0.25) is 4.79 Å². The van der Waals surface area contributed by atoms with E-state index in [0.717, 1.165) is 9.90 Å². The Morgan fingerprint density at radius 2 is 2.27 bits per heavy atom. The van der Waals surface area contributed by atoms with Crippen LogP contribution in [0.3, 0.4) is 0 Å². The lowest BCUT2D eigenvalue weighted by Gasteiger charge is -2.30. The van der Waals surface area contributed by atoms with E-state index in [1.807, 2.05) is 30.7 Å². The highest BCUT2D eigenvalue weighted by Gasteiger charge is 2.25. The number of rotatable bonds is 7. The Hall–Kier alpha value is -1.37. The Labute approximate surface area is 139 Å². The lowest BCUT2D eigenvalue weighted by Crippen LogP contribution is -2.41. The van der Waals surface area contributed by atoms with Crippen LogP contribution in [-0.2, 0) is 6.54 Å². The number of aliphatic hydroxyl groups excluding tert-OH is 1. The molecule has 2 aromatic rings. The molecule has 0 bridgehead atoms. The number of carbonyl (C=O) groups is 1. The van der Waals surface area contributed by atoms with Crippen LogP contribution < -0.4 is 0 Å². The maximum Gasteiger partial charge on any atom is 0.257 e. The molecule has 0 saturated heterocycles. The van der Waals surface area contributed by atoms with Crippen molar-refractivity contribution in [3.05, 3.63) is 46.3 Å². The number of aliphatic hydroxyl groups is 1. The first-order valence-electron chi connectivity index (χ1n) is 7.14. The second-order valence-electron chi connectivity index (χ2n) is 4.82. The molecule has 0 aliphatic carbocycles. The molecule has 0 spiro atoms. The molecule has 0 unspecified atom stereocenters. The highest BCUT2D eigenvalue weighted by molar-refractivity contribution is 7.98. The van der Waals surface area contributed by atoms with Crippen LogP contribution in [0.5, 0.6) is 0 Å². The third-order valence-electron chi connectivity index (χ3n) is 3.48. The van der Waals surface area contributed by atoms with Crippen molar-refractivity contribution in [2.45, 2.75) is 31.0 Å². The van der Waals surface area contributed by atoms with Crippen LogP contribution in [0.2, 0.25) is 0 Å². The summed E-state index contributed by atoms with van der Waals surface area (Å²) in [5.74, 6) is -0.0771. The summed E-state index contributed by atoms with van der Waals surface area (Å²) in [6.07, 6.45) is 4.31. The minimum atomic E-state index is -0.190. The number of aromatic nitrogens is 1. The van der Waals surface area contributed by atoms with Gasteiger partial charge in [0.15, 0.2) is 0 Å². The fourth-order valence-corrected chi connectivity index (χ4v) is 3.50. The zero-order valence-electron chi connectivity index (χ0n) is 12.7. The predicted molar refractivity (Wildman–Crippen MR) is 91.4 cm³/mol. The second kappa shape index (κ2) is 8.31. The molecule has 2 rings (SSSR count). The fourth-order valence-electron chi connectivity index (χ4n) is 2.26. The van der Waals surface area contributed by atoms with E-state index in [4.69, 9.17) is 0 Å². The molecule has 0 aliphatic heterocycles. The van der Waals surface area contributed by atoms with Gasteiger partial charge in [-0.15, -0.1) is 23.1 Å². The summed E-state index contributed by atoms with van der Waals surface area (Å²) in [6, 6.07) is 7.36. The second-order valence-corrected chi connectivity index (χ2v) is 6.64. The van der Waals surface area contributed by atoms with Crippen LogP contribution in [0.4, 0.5) is 0 Å². The lowest BCUT2D eigenvalue weighted by atomic mass is 10.1. The van der Waals surface area contributed by atoms with Gasteiger partial charge in [0.2, 0.25) is 0 Å². The van der Waals surface area contributed by atoms with Gasteiger partial charge < -0.3 is 10.0 Å². The van der Waals surface area contributed by atoms with Gasteiger partial charge in [-0.1, -0.05) is 13.0 Å². The molecule has 0 radical (unpaired) electrons. The molecule has 2 heterocycles. The van der Waals surface area contributed by atoms with E-state index in [1.54, 1.807) is 34.6 Å². The maximum atomic E-state index is 13.0. The molecule has 1 atom stereocenters. The summed E-state index contributed by atoms with van der Waals surface area (Å²) in [6.45, 7) is 2.45. The van der Waals surface area contributed by atoms with Crippen LogP contribution >= 0.6 is 23.1 Å². The van der Waals surface area contributed by atoms with Gasteiger partial charge in [-0.2, -0.15) is 0 Å². The third kappa shape index (κ3) is 3.88. The zero-order valence-corrected chi connectivity index (χ0v) is 14.4. The standard InChI is InChI=1S/C16H20N2O2S2/c1-3-12(11-19)18(10-13-6-5-9-22-13)16(20)14-7-4-8-17-15(14)21-2/h4-9,12,19H,3,10-11H2,1-2H3/t12-/m1/s1. The van der Waals surface area contributed by atoms with Gasteiger partial charge in [-0.05, 0) is 36.3 Å². The Kier molecular flexibility index (Phi) is 6.42. The highest BCUT2D eigenvalue weighted by Crippen LogP contribution is 2.23. The van der Waals surface area contributed by atoms with Crippen molar-refractivity contribution in [1.82, 2.24) is 9.88 Å². The Morgan fingerprint density at radius 1 is 1.45 bits per heavy atom. The Balaban J connectivity index is 2.32. The Bertz CT molecular complexity index is 598. The molecule has 1 amide bonds. The van der Waals surface area contributed by atoms with Crippen molar-refractivity contribution in [2.75, 3.05) is 12.9 Å². The minimum Gasteiger partial charge on any atom is -0.394 e. The van der Waals surface area contributed by atoms with Crippen molar-refractivity contribution in [1.29, 1.82) is 0 Å². The fraction of sp³-hybridized carbons (Fsp3) is 0.375. The quantitative estimate of drug-likeness (QED) is 0.789. The summed E-state index contributed by atoms with van der Waals surface area (Å²) in [7, 11) is 0. The van der Waals surface area contributed by atoms with Crippen LogP contribution in [-0.4, -0.2) is 39.8 Å². The lowest BCUT2D eigenvalue weighted by molar-refractivity contribution is 0.0562. The van der Waals surface area contributed by atoms with Crippen LogP contribution in [0, 0.1) is 0 Å². The van der Waals surface area contributed by atoms with Crippen molar-refractivity contribution < 1.29 is 9.90 Å². The minimum absolute atomic E-state index is 0.0392. The summed E-state index contributed by atoms with van der Waals surface area (Å²) >= 11 is 3.07. The average Bonchev–Trinajstić information content (AvgIpc) is 3.07. The van der Waals surface area contributed by atoms with Crippen LogP contribution in [0.15, 0.2) is 40.9 Å². The van der Waals surface area contributed by atoms with E-state index in [-0.39, 0.29) is 18.6 Å². The Morgan fingerprint density at radius 3 is 2.86 bits per heavy atom. The number of amides is 1. The molecular weight excluding hydrogens is 316 g/mol. The number of thioether (sulfide) groups is 1. The molecule has 1 N–H and O–H groups in total. The molecule has 0 aliphatic rings. The van der Waals surface area contributed by atoms with E-state index in [9.17, 15) is 9.90 Å². The van der Waals surface area contributed by atoms with E-state index in [2.05, 4.69) is 4.98 Å². The van der Waals surface area contributed by atoms with E-state index in [0.29, 0.717) is 18.5 Å². The van der Waals surface area contributed by atoms with Gasteiger partial charge >= 0.3 is 0 Å². The first-order chi connectivity index (χ1) is 10.7. The summed E-state index contributed by atoms with van der Waals surface area (Å²) in [5, 5.41) is 12.4. The highest BCUT2D eigenvalue weighted by atomic mass is 32.2. The number of carbonyl (C=O) groups excluding carboxylic acids is 1. The smallest absolute Gasteiger partial charge is 0.257 e. The van der Waals surface area contributed by atoms with Crippen molar-refractivity contribution in [3.8, 4) is 0 Å². The molecule has 4 nitrogen and oxygen atoms in total. The van der Waals surface area contributed by atoms with E-state index < -0.39 is 0 Å². The van der Waals surface area contributed by atoms with Crippen molar-refractivity contribution >= 4 is 29.0 Å². The SMILES string of the molecule is CC[C@H](CO)N(Cc1cccs1)C(=O)c1cccnc1SC. The first-order valence-corrected chi connectivity index (χ1v) is 9.24. The topological polar surface area (TPSA) is 53.4 Å². The molecule has 2 aromatic heterocycles. The van der Waals surface area contributed by atoms with Gasteiger partial charge in [0.1, 0.15) is 5.03 Å². The summed E-state index contributed by atoms with van der Waals surface area (Å²) in [5.41, 5.74) is 0.596. The third-order valence-corrected chi connectivity index (χ3v) is 5.06. The maximum absolute atomic E-state index is 13.0. The van der Waals surface area contributed by atoms with E-state index >= 15 is 0 Å². The molecule has 22 heavy (non-hydrogen) atoms. The summed E-state index contributed by atoms with van der Waals surface area (Å²) < 4.78 is 0. The van der Waals surface area contributed by atoms with Gasteiger partial charge in [0.25, 0.3) is 5.91 Å². The number of hydrogen-bond donors (Lipinski definition) is 1. The average molecular weight is 336 g/mol. The number of thiophene rings is 1. The first kappa shape index (κ1) is 17.0.